The minimum Gasteiger partial charge on any atom is -0.284 e. The normalized spacial score (nSPS) is 18.2. The van der Waals surface area contributed by atoms with Crippen LogP contribution in [0.25, 0.3) is 0 Å². The molecular weight excluding hydrogens is 392 g/mol. The van der Waals surface area contributed by atoms with Gasteiger partial charge in [-0.05, 0) is 49.2 Å². The highest BCUT2D eigenvalue weighted by Crippen LogP contribution is 2.48. The molecule has 2 atom stereocenters. The smallest absolute Gasteiger partial charge is 0.284 e. The van der Waals surface area contributed by atoms with Crippen molar-refractivity contribution in [3.05, 3.63) is 131 Å². The predicted octanol–water partition coefficient (Wildman–Crippen LogP) is 7.23. The van der Waals surface area contributed by atoms with E-state index in [0.717, 1.165) is 22.5 Å². The second-order valence-electron chi connectivity index (χ2n) is 8.40. The van der Waals surface area contributed by atoms with Crippen LogP contribution in [0.5, 0.6) is 0 Å². The van der Waals surface area contributed by atoms with Crippen molar-refractivity contribution < 1.29 is 4.79 Å². The van der Waals surface area contributed by atoms with Crippen LogP contribution in [0.15, 0.2) is 109 Å². The molecule has 0 N–H and O–H groups in total. The summed E-state index contributed by atoms with van der Waals surface area (Å²) >= 11 is 0. The van der Waals surface area contributed by atoms with E-state index >= 15 is 0 Å². The molecule has 0 aliphatic carbocycles. The van der Waals surface area contributed by atoms with Gasteiger partial charge in [-0.1, -0.05) is 96.1 Å². The topological polar surface area (TPSA) is 23.6 Å². The van der Waals surface area contributed by atoms with Gasteiger partial charge in [0.2, 0.25) is 0 Å². The highest BCUT2D eigenvalue weighted by Gasteiger charge is 2.48. The largest absolute Gasteiger partial charge is 0.330 e. The average molecular weight is 419 g/mol. The maximum atomic E-state index is 14.1. The lowest BCUT2D eigenvalue weighted by molar-refractivity contribution is 0.255. The second kappa shape index (κ2) is 8.35. The highest BCUT2D eigenvalue weighted by molar-refractivity contribution is 6.08. The lowest BCUT2D eigenvalue weighted by Crippen LogP contribution is -2.32. The highest BCUT2D eigenvalue weighted by atomic mass is 16.2. The van der Waals surface area contributed by atoms with Gasteiger partial charge in [0.25, 0.3) is 0 Å². The number of urea groups is 1. The zero-order valence-corrected chi connectivity index (χ0v) is 18.3. The third-order valence-electron chi connectivity index (χ3n) is 6.17. The molecule has 0 saturated carbocycles. The third kappa shape index (κ3) is 3.56. The Kier molecular flexibility index (Phi) is 5.24. The van der Waals surface area contributed by atoms with Gasteiger partial charge in [0, 0.05) is 11.4 Å². The van der Waals surface area contributed by atoms with Crippen molar-refractivity contribution in [2.45, 2.75) is 25.9 Å². The van der Waals surface area contributed by atoms with E-state index in [1.165, 1.54) is 11.1 Å². The van der Waals surface area contributed by atoms with E-state index in [1.54, 1.807) is 0 Å². The quantitative estimate of drug-likeness (QED) is 0.343. The number of carbonyl (C=O) groups excluding carboxylic acids is 1. The molecule has 3 heteroatoms. The van der Waals surface area contributed by atoms with Crippen molar-refractivity contribution in [1.29, 1.82) is 0 Å². The first-order valence-electron chi connectivity index (χ1n) is 11.0. The zero-order chi connectivity index (χ0) is 22.1. The van der Waals surface area contributed by atoms with Gasteiger partial charge in [-0.2, -0.15) is 0 Å². The van der Waals surface area contributed by atoms with Crippen LogP contribution in [0.4, 0.5) is 16.2 Å². The molecule has 4 aromatic rings. The molecule has 0 unspecified atom stereocenters. The van der Waals surface area contributed by atoms with Gasteiger partial charge >= 0.3 is 6.03 Å². The van der Waals surface area contributed by atoms with Gasteiger partial charge in [0.05, 0.1) is 12.1 Å². The molecule has 0 aromatic heterocycles. The Bertz CT molecular complexity index is 1100. The van der Waals surface area contributed by atoms with Crippen LogP contribution < -0.4 is 9.80 Å². The summed E-state index contributed by atoms with van der Waals surface area (Å²) in [6.45, 7) is 4.13. The molecule has 5 rings (SSSR count). The van der Waals surface area contributed by atoms with E-state index < -0.39 is 0 Å². The summed E-state index contributed by atoms with van der Waals surface area (Å²) < 4.78 is 0. The van der Waals surface area contributed by atoms with Crippen LogP contribution in [0.3, 0.4) is 0 Å². The van der Waals surface area contributed by atoms with Crippen LogP contribution in [0.2, 0.25) is 0 Å². The average Bonchev–Trinajstić information content (AvgIpc) is 3.14. The molecule has 32 heavy (non-hydrogen) atoms. The molecule has 1 heterocycles. The van der Waals surface area contributed by atoms with Crippen LogP contribution in [-0.2, 0) is 0 Å². The van der Waals surface area contributed by atoms with Gasteiger partial charge in [0.15, 0.2) is 0 Å². The summed E-state index contributed by atoms with van der Waals surface area (Å²) in [6.07, 6.45) is 0. The van der Waals surface area contributed by atoms with Crippen molar-refractivity contribution in [3.8, 4) is 0 Å². The van der Waals surface area contributed by atoms with Crippen LogP contribution in [0.1, 0.15) is 34.3 Å². The molecule has 1 aliphatic rings. The van der Waals surface area contributed by atoms with E-state index in [4.69, 9.17) is 0 Å². The standard InChI is InChI=1S/C29H26N2O/c1-21-13-17-25(18-14-21)30-27(23-9-5-3-6-10-23)28(24-11-7-4-8-12-24)31(29(30)32)26-19-15-22(2)16-20-26/h3-20,27-28H,1-2H3/t27-,28-/m0/s1. The van der Waals surface area contributed by atoms with Crippen molar-refractivity contribution in [1.82, 2.24) is 0 Å². The summed E-state index contributed by atoms with van der Waals surface area (Å²) in [4.78, 5) is 18.0. The Labute approximate surface area is 189 Å². The number of nitrogens with zero attached hydrogens (tertiary/aromatic N) is 2. The molecule has 1 fully saturated rings. The number of aryl methyl sites for hydroxylation is 2. The fourth-order valence-corrected chi connectivity index (χ4v) is 4.55. The number of anilines is 2. The molecule has 3 nitrogen and oxygen atoms in total. The molecule has 158 valence electrons. The van der Waals surface area contributed by atoms with Gasteiger partial charge in [0.1, 0.15) is 0 Å². The molecule has 0 spiro atoms. The van der Waals surface area contributed by atoms with Crippen LogP contribution in [0, 0.1) is 13.8 Å². The van der Waals surface area contributed by atoms with E-state index in [0.29, 0.717) is 0 Å². The van der Waals surface area contributed by atoms with E-state index in [-0.39, 0.29) is 18.1 Å². The lowest BCUT2D eigenvalue weighted by Gasteiger charge is -2.29. The Morgan fingerprint density at radius 2 is 0.844 bits per heavy atom. The zero-order valence-electron chi connectivity index (χ0n) is 18.3. The third-order valence-corrected chi connectivity index (χ3v) is 6.17. The first kappa shape index (κ1) is 20.1. The molecule has 1 aliphatic heterocycles. The Balaban J connectivity index is 1.73. The second-order valence-corrected chi connectivity index (χ2v) is 8.40. The van der Waals surface area contributed by atoms with Gasteiger partial charge < -0.3 is 0 Å². The van der Waals surface area contributed by atoms with E-state index in [1.807, 2.05) is 70.5 Å². The summed E-state index contributed by atoms with van der Waals surface area (Å²) in [5, 5.41) is 0. The maximum absolute atomic E-state index is 14.1. The maximum Gasteiger partial charge on any atom is 0.330 e. The Morgan fingerprint density at radius 3 is 1.19 bits per heavy atom. The van der Waals surface area contributed by atoms with Crippen molar-refractivity contribution in [2.24, 2.45) is 0 Å². The molecule has 4 aromatic carbocycles. The number of rotatable bonds is 4. The fourth-order valence-electron chi connectivity index (χ4n) is 4.55. The number of carbonyl (C=O) groups is 1. The minimum atomic E-state index is -0.157. The monoisotopic (exact) mass is 418 g/mol. The number of benzene rings is 4. The van der Waals surface area contributed by atoms with Crippen LogP contribution >= 0.6 is 0 Å². The SMILES string of the molecule is Cc1ccc(N2C(=O)N(c3ccc(C)cc3)[C@@H](c3ccccc3)[C@@H]2c2ccccc2)cc1. The minimum absolute atomic E-state index is 0.0135. The van der Waals surface area contributed by atoms with Crippen molar-refractivity contribution in [2.75, 3.05) is 9.80 Å². The summed E-state index contributed by atoms with van der Waals surface area (Å²) in [6, 6.07) is 36.8. The first-order valence-corrected chi connectivity index (χ1v) is 11.0. The summed E-state index contributed by atoms with van der Waals surface area (Å²) in [5.74, 6) is 0. The molecular formula is C29H26N2O. The first-order chi connectivity index (χ1) is 15.6. The van der Waals surface area contributed by atoms with E-state index in [2.05, 4.69) is 62.4 Å². The Morgan fingerprint density at radius 1 is 0.500 bits per heavy atom. The van der Waals surface area contributed by atoms with Gasteiger partial charge in [-0.15, -0.1) is 0 Å². The lowest BCUT2D eigenvalue weighted by atomic mass is 9.92. The van der Waals surface area contributed by atoms with Gasteiger partial charge in [-0.3, -0.25) is 9.80 Å². The summed E-state index contributed by atoms with van der Waals surface area (Å²) in [7, 11) is 0. The number of hydrogen-bond donors (Lipinski definition) is 0. The molecule has 1 saturated heterocycles. The molecule has 0 radical (unpaired) electrons. The number of amides is 2. The van der Waals surface area contributed by atoms with Gasteiger partial charge in [-0.25, -0.2) is 4.79 Å². The fraction of sp³-hybridized carbons (Fsp3) is 0.138. The predicted molar refractivity (Wildman–Crippen MR) is 131 cm³/mol. The van der Waals surface area contributed by atoms with Crippen LogP contribution in [-0.4, -0.2) is 6.03 Å². The summed E-state index contributed by atoms with van der Waals surface area (Å²) in [5.41, 5.74) is 6.39. The van der Waals surface area contributed by atoms with E-state index in [9.17, 15) is 4.79 Å². The molecule has 0 bridgehead atoms. The van der Waals surface area contributed by atoms with Crippen molar-refractivity contribution >= 4 is 17.4 Å². The molecule has 2 amide bonds. The number of hydrogen-bond acceptors (Lipinski definition) is 1. The van der Waals surface area contributed by atoms with Crippen molar-refractivity contribution in [3.63, 3.8) is 0 Å². The Hall–Kier alpha value is -3.85.